The molecule has 0 bridgehead atoms. The third-order valence-electron chi connectivity index (χ3n) is 16.4. The zero-order valence-electron chi connectivity index (χ0n) is 46.3. The van der Waals surface area contributed by atoms with Gasteiger partial charge in [-0.15, -0.1) is 0 Å². The van der Waals surface area contributed by atoms with Crippen molar-refractivity contribution >= 4 is 111 Å². The number of para-hydroxylation sites is 8. The van der Waals surface area contributed by atoms with E-state index in [1.807, 2.05) is 0 Å². The molecule has 0 fully saturated rings. The summed E-state index contributed by atoms with van der Waals surface area (Å²) in [4.78, 5) is 18.6. The first-order chi connectivity index (χ1) is 42.2. The molecule has 0 N–H and O–H groups in total. The van der Waals surface area contributed by atoms with E-state index >= 15 is 0 Å². The van der Waals surface area contributed by atoms with Gasteiger partial charge in [-0.25, -0.2) is 0 Å². The van der Waals surface area contributed by atoms with Gasteiger partial charge in [-0.1, -0.05) is 170 Å². The third kappa shape index (κ3) is 8.54. The number of aromatic nitrogens is 5. The lowest BCUT2D eigenvalue weighted by molar-refractivity contribution is 0.941. The van der Waals surface area contributed by atoms with E-state index in [9.17, 15) is 0 Å². The molecule has 8 nitrogen and oxygen atoms in total. The number of hydrogen-bond acceptors (Lipinski definition) is 5. The molecule has 4 heterocycles. The van der Waals surface area contributed by atoms with Gasteiger partial charge >= 0.3 is 0 Å². The molecule has 11 aromatic carbocycles. The van der Waals surface area contributed by atoms with E-state index in [-0.39, 0.29) is 0 Å². The normalized spacial score (nSPS) is 12.4. The van der Waals surface area contributed by atoms with E-state index in [4.69, 9.17) is 9.97 Å². The van der Waals surface area contributed by atoms with E-state index in [0.29, 0.717) is 11.8 Å². The predicted octanol–water partition coefficient (Wildman–Crippen LogP) is 20.2. The van der Waals surface area contributed by atoms with Crippen LogP contribution in [0.1, 0.15) is 6.42 Å². The molecule has 0 radical (unpaired) electrons. The molecule has 0 aliphatic heterocycles. The second-order valence-electron chi connectivity index (χ2n) is 21.4. The molecular weight excluding hydrogens is 1040 g/mol. The van der Waals surface area contributed by atoms with Crippen molar-refractivity contribution in [2.24, 2.45) is 0 Å². The monoisotopic (exact) mass is 1090 g/mol. The quantitative estimate of drug-likeness (QED) is 0.122. The van der Waals surface area contributed by atoms with Crippen LogP contribution < -0.4 is 14.7 Å². The number of fused-ring (bicyclic) bond motifs is 9. The van der Waals surface area contributed by atoms with Crippen molar-refractivity contribution in [1.82, 2.24) is 23.7 Å². The standard InChI is InChI=1S/C77H54N8/c1-2-9-27-54(26-8-1)80(55-28-10-3-11-29-55)60-44-48-73-67(50-60)64-39-21-24-42-70(64)84(73)76-53-75(82(58-34-16-6-17-35-58)62-46-47-72-66(52-62)63-38-20-23-41-69(63)83(72)59-36-18-7-19-37-59)78-77(79-76)85-71-43-25-22-40-65(71)68-51-61(45-49-74(68)85)81(56-30-12-4-13-31-56)57-32-14-5-15-33-57/h1-8,10-53H,9H2. The third-order valence-corrected chi connectivity index (χ3v) is 16.4. The van der Waals surface area contributed by atoms with Crippen LogP contribution in [0.3, 0.4) is 0 Å². The maximum absolute atomic E-state index is 5.80. The minimum absolute atomic E-state index is 0.538. The van der Waals surface area contributed by atoms with Crippen molar-refractivity contribution in [3.63, 3.8) is 0 Å². The summed E-state index contributed by atoms with van der Waals surface area (Å²) in [5.41, 5.74) is 15.8. The van der Waals surface area contributed by atoms with Gasteiger partial charge in [-0.3, -0.25) is 14.0 Å². The van der Waals surface area contributed by atoms with Crippen molar-refractivity contribution in [3.05, 3.63) is 321 Å². The summed E-state index contributed by atoms with van der Waals surface area (Å²) in [6.45, 7) is 0. The summed E-state index contributed by atoms with van der Waals surface area (Å²) >= 11 is 0. The van der Waals surface area contributed by atoms with Crippen LogP contribution in [0, 0.1) is 0 Å². The average Bonchev–Trinajstić information content (AvgIpc) is 4.07. The molecule has 15 aromatic rings. The molecule has 1 aliphatic carbocycles. The number of hydrogen-bond donors (Lipinski definition) is 0. The number of nitrogens with zero attached hydrogens (tertiary/aromatic N) is 8. The van der Waals surface area contributed by atoms with Crippen LogP contribution in [0.15, 0.2) is 321 Å². The molecule has 16 rings (SSSR count). The zero-order valence-corrected chi connectivity index (χ0v) is 46.3. The Hall–Kier alpha value is -11.5. The Morgan fingerprint density at radius 2 is 0.694 bits per heavy atom. The lowest BCUT2D eigenvalue weighted by Gasteiger charge is -2.27. The van der Waals surface area contributed by atoms with Crippen LogP contribution in [0.5, 0.6) is 0 Å². The molecule has 0 atom stereocenters. The molecule has 0 saturated carbocycles. The Bertz CT molecular complexity index is 5060. The van der Waals surface area contributed by atoms with Crippen LogP contribution >= 0.6 is 0 Å². The van der Waals surface area contributed by atoms with E-state index in [1.165, 1.54) is 5.39 Å². The Morgan fingerprint density at radius 1 is 0.294 bits per heavy atom. The molecule has 0 unspecified atom stereocenters. The van der Waals surface area contributed by atoms with Gasteiger partial charge in [-0.2, -0.15) is 9.97 Å². The van der Waals surface area contributed by atoms with Crippen molar-refractivity contribution in [3.8, 4) is 17.5 Å². The summed E-state index contributed by atoms with van der Waals surface area (Å²) in [5, 5.41) is 6.71. The van der Waals surface area contributed by atoms with E-state index in [0.717, 1.165) is 123 Å². The Labute approximate surface area is 491 Å². The topological polar surface area (TPSA) is 50.3 Å². The van der Waals surface area contributed by atoms with Gasteiger partial charge in [0.25, 0.3) is 0 Å². The molecule has 0 amide bonds. The molecular formula is C77H54N8. The predicted molar refractivity (Wildman–Crippen MR) is 354 cm³/mol. The summed E-state index contributed by atoms with van der Waals surface area (Å²) in [7, 11) is 0. The lowest BCUT2D eigenvalue weighted by Crippen LogP contribution is -2.16. The van der Waals surface area contributed by atoms with Gasteiger partial charge in [0.1, 0.15) is 11.6 Å². The largest absolute Gasteiger partial charge is 0.311 e. The molecule has 4 aromatic heterocycles. The molecule has 402 valence electrons. The summed E-state index contributed by atoms with van der Waals surface area (Å²) in [5.74, 6) is 1.97. The van der Waals surface area contributed by atoms with Gasteiger partial charge in [0.2, 0.25) is 5.95 Å². The van der Waals surface area contributed by atoms with Crippen LogP contribution in [-0.2, 0) is 0 Å². The Morgan fingerprint density at radius 3 is 1.24 bits per heavy atom. The second kappa shape index (κ2) is 20.8. The van der Waals surface area contributed by atoms with Crippen LogP contribution in [0.25, 0.3) is 82.9 Å². The minimum atomic E-state index is 0.538. The summed E-state index contributed by atoms with van der Waals surface area (Å²) in [6.07, 6.45) is 11.8. The van der Waals surface area contributed by atoms with Crippen molar-refractivity contribution < 1.29 is 0 Å². The summed E-state index contributed by atoms with van der Waals surface area (Å²) < 4.78 is 6.94. The number of benzene rings is 11. The molecule has 1 aliphatic rings. The lowest BCUT2D eigenvalue weighted by atomic mass is 10.1. The van der Waals surface area contributed by atoms with Gasteiger partial charge in [0.05, 0.1) is 33.1 Å². The molecule has 85 heavy (non-hydrogen) atoms. The average molecular weight is 1090 g/mol. The van der Waals surface area contributed by atoms with Gasteiger partial charge in [0, 0.05) is 89.6 Å². The van der Waals surface area contributed by atoms with Crippen molar-refractivity contribution in [1.29, 1.82) is 0 Å². The van der Waals surface area contributed by atoms with Gasteiger partial charge in [0.15, 0.2) is 0 Å². The second-order valence-corrected chi connectivity index (χ2v) is 21.4. The molecule has 0 spiro atoms. The highest BCUT2D eigenvalue weighted by Gasteiger charge is 2.26. The molecule has 8 heteroatoms. The van der Waals surface area contributed by atoms with Gasteiger partial charge < -0.3 is 14.4 Å². The fourth-order valence-corrected chi connectivity index (χ4v) is 12.7. The van der Waals surface area contributed by atoms with Crippen molar-refractivity contribution in [2.75, 3.05) is 14.7 Å². The number of rotatable bonds is 12. The SMILES string of the molecule is C1=CCC=C(N(c2ccccc2)c2ccc3c(c2)c2ccccc2n3-c2cc(N(c3ccccc3)c3ccc4c(c3)c3ccccc3n4-c3ccccc3)nc(-n3c4ccccc4c4cc(N(c5ccccc5)c5ccccc5)ccc43)n2)C=C1. The van der Waals surface area contributed by atoms with E-state index in [1.54, 1.807) is 0 Å². The van der Waals surface area contributed by atoms with E-state index < -0.39 is 0 Å². The minimum Gasteiger partial charge on any atom is -0.311 e. The first kappa shape index (κ1) is 49.3. The Balaban J connectivity index is 0.956. The number of anilines is 8. The fraction of sp³-hybridized carbons (Fsp3) is 0.0130. The number of allylic oxidation sites excluding steroid dienone is 5. The highest BCUT2D eigenvalue weighted by Crippen LogP contribution is 2.44. The first-order valence-electron chi connectivity index (χ1n) is 28.9. The van der Waals surface area contributed by atoms with E-state index in [2.05, 4.69) is 344 Å². The smallest absolute Gasteiger partial charge is 0.238 e. The highest BCUT2D eigenvalue weighted by molar-refractivity contribution is 6.13. The van der Waals surface area contributed by atoms with Crippen LogP contribution in [-0.4, -0.2) is 23.7 Å². The summed E-state index contributed by atoms with van der Waals surface area (Å²) in [6, 6.07) is 102. The van der Waals surface area contributed by atoms with Crippen LogP contribution in [0.4, 0.5) is 45.6 Å². The van der Waals surface area contributed by atoms with Crippen LogP contribution in [0.2, 0.25) is 0 Å². The Kier molecular flexibility index (Phi) is 12.1. The first-order valence-corrected chi connectivity index (χ1v) is 28.9. The van der Waals surface area contributed by atoms with Gasteiger partial charge in [-0.05, 0) is 146 Å². The van der Waals surface area contributed by atoms with Crippen molar-refractivity contribution in [2.45, 2.75) is 6.42 Å². The maximum Gasteiger partial charge on any atom is 0.238 e. The maximum atomic E-state index is 5.80. The fourth-order valence-electron chi connectivity index (χ4n) is 12.7. The zero-order chi connectivity index (χ0) is 56.2. The molecule has 0 saturated heterocycles. The highest BCUT2D eigenvalue weighted by atomic mass is 15.3.